The van der Waals surface area contributed by atoms with Crippen LogP contribution in [0, 0.1) is 21.6 Å². The molecule has 0 saturated carbocycles. The summed E-state index contributed by atoms with van der Waals surface area (Å²) in [5.74, 6) is 0.654. The van der Waals surface area contributed by atoms with Crippen LogP contribution in [0.3, 0.4) is 0 Å². The first-order valence-electron chi connectivity index (χ1n) is 8.75. The normalized spacial score (nSPS) is 16.7. The van der Waals surface area contributed by atoms with E-state index in [2.05, 4.69) is 24.2 Å². The predicted molar refractivity (Wildman–Crippen MR) is 91.8 cm³/mol. The van der Waals surface area contributed by atoms with Gasteiger partial charge in [-0.15, -0.1) is 0 Å². The Morgan fingerprint density at radius 1 is 1.05 bits per heavy atom. The van der Waals surface area contributed by atoms with Gasteiger partial charge in [0.2, 0.25) is 0 Å². The molecule has 0 radical (unpaired) electrons. The lowest BCUT2D eigenvalue weighted by Gasteiger charge is -2.28. The molecule has 0 aromatic carbocycles. The Kier molecular flexibility index (Phi) is 12.2. The van der Waals surface area contributed by atoms with Crippen molar-refractivity contribution in [3.8, 4) is 0 Å². The molecule has 0 saturated heterocycles. The van der Waals surface area contributed by atoms with Crippen molar-refractivity contribution in [3.05, 3.63) is 9.81 Å². The number of aliphatic hydroxyl groups is 1. The van der Waals surface area contributed by atoms with Gasteiger partial charge in [-0.1, -0.05) is 56.3 Å². The second kappa shape index (κ2) is 12.7. The van der Waals surface area contributed by atoms with E-state index in [-0.39, 0.29) is 5.92 Å². The van der Waals surface area contributed by atoms with E-state index in [0.29, 0.717) is 25.4 Å². The van der Waals surface area contributed by atoms with Crippen molar-refractivity contribution >= 4 is 0 Å². The smallest absolute Gasteiger partial charge is 0.0840 e. The molecular formula is C17H34N2O3. The molecule has 0 spiro atoms. The van der Waals surface area contributed by atoms with Gasteiger partial charge in [-0.2, -0.15) is 9.81 Å². The Bertz CT molecular complexity index is 296. The lowest BCUT2D eigenvalue weighted by atomic mass is 9.84. The molecule has 0 aromatic rings. The van der Waals surface area contributed by atoms with Gasteiger partial charge in [0, 0.05) is 0 Å². The fourth-order valence-corrected chi connectivity index (χ4v) is 3.02. The average Bonchev–Trinajstić information content (AvgIpc) is 2.45. The molecule has 0 bridgehead atoms. The standard InChI is InChI=1S/C17H34N2O3/c1-4-5-6-9-16(14-19-22)13-17(3,20)11-7-8-15(2)10-12-18-21/h15-16,20H,4-14H2,1-3H3. The van der Waals surface area contributed by atoms with Crippen molar-refractivity contribution in [2.75, 3.05) is 13.1 Å². The van der Waals surface area contributed by atoms with E-state index in [0.717, 1.165) is 44.9 Å². The topological polar surface area (TPSA) is 79.1 Å². The fourth-order valence-electron chi connectivity index (χ4n) is 3.02. The number of rotatable bonds is 15. The predicted octanol–water partition coefficient (Wildman–Crippen LogP) is 5.05. The third-order valence-corrected chi connectivity index (χ3v) is 4.40. The SMILES string of the molecule is CCCCCC(CN=O)CC(C)(O)CCCC(C)CCN=O. The van der Waals surface area contributed by atoms with Crippen molar-refractivity contribution in [2.45, 2.75) is 84.2 Å². The Morgan fingerprint density at radius 3 is 2.36 bits per heavy atom. The highest BCUT2D eigenvalue weighted by molar-refractivity contribution is 4.78. The van der Waals surface area contributed by atoms with Crippen LogP contribution < -0.4 is 0 Å². The highest BCUT2D eigenvalue weighted by Gasteiger charge is 2.25. The maximum atomic E-state index is 10.6. The van der Waals surface area contributed by atoms with Crippen molar-refractivity contribution in [3.63, 3.8) is 0 Å². The van der Waals surface area contributed by atoms with Crippen molar-refractivity contribution < 1.29 is 5.11 Å². The monoisotopic (exact) mass is 314 g/mol. The Balaban J connectivity index is 4.10. The van der Waals surface area contributed by atoms with E-state index >= 15 is 0 Å². The summed E-state index contributed by atoms with van der Waals surface area (Å²) in [7, 11) is 0. The van der Waals surface area contributed by atoms with Crippen molar-refractivity contribution in [1.29, 1.82) is 0 Å². The van der Waals surface area contributed by atoms with Crippen LogP contribution in [-0.4, -0.2) is 23.8 Å². The van der Waals surface area contributed by atoms with E-state index in [4.69, 9.17) is 0 Å². The van der Waals surface area contributed by atoms with Gasteiger partial charge in [-0.05, 0) is 44.4 Å². The van der Waals surface area contributed by atoms with Gasteiger partial charge < -0.3 is 5.11 Å². The number of nitrogens with zero attached hydrogens (tertiary/aromatic N) is 2. The Labute approximate surface area is 135 Å². The second-order valence-electron chi connectivity index (χ2n) is 7.01. The molecule has 0 aromatic heterocycles. The molecule has 0 rings (SSSR count). The van der Waals surface area contributed by atoms with E-state index in [9.17, 15) is 14.9 Å². The van der Waals surface area contributed by atoms with E-state index < -0.39 is 5.60 Å². The zero-order valence-corrected chi connectivity index (χ0v) is 14.6. The van der Waals surface area contributed by atoms with Crippen LogP contribution in [0.5, 0.6) is 0 Å². The molecule has 3 unspecified atom stereocenters. The Hall–Kier alpha value is -0.840. The molecule has 0 aliphatic rings. The van der Waals surface area contributed by atoms with E-state index in [1.54, 1.807) is 0 Å². The van der Waals surface area contributed by atoms with Gasteiger partial charge >= 0.3 is 0 Å². The second-order valence-corrected chi connectivity index (χ2v) is 7.01. The minimum atomic E-state index is -0.732. The zero-order chi connectivity index (χ0) is 16.8. The summed E-state index contributed by atoms with van der Waals surface area (Å²) < 4.78 is 0. The summed E-state index contributed by atoms with van der Waals surface area (Å²) in [5, 5.41) is 16.5. The number of hydrogen-bond donors (Lipinski definition) is 1. The minimum Gasteiger partial charge on any atom is -0.390 e. The molecule has 0 amide bonds. The molecule has 130 valence electrons. The number of hydrogen-bond acceptors (Lipinski definition) is 5. The molecule has 0 heterocycles. The van der Waals surface area contributed by atoms with Crippen LogP contribution in [0.1, 0.15) is 78.6 Å². The number of unbranched alkanes of at least 4 members (excludes halogenated alkanes) is 2. The molecule has 3 atom stereocenters. The van der Waals surface area contributed by atoms with E-state index in [1.807, 2.05) is 6.92 Å². The Morgan fingerprint density at radius 2 is 1.77 bits per heavy atom. The van der Waals surface area contributed by atoms with Gasteiger partial charge in [-0.3, -0.25) is 0 Å². The largest absolute Gasteiger partial charge is 0.390 e. The first-order valence-corrected chi connectivity index (χ1v) is 8.75. The van der Waals surface area contributed by atoms with Crippen LogP contribution in [0.25, 0.3) is 0 Å². The molecule has 0 fully saturated rings. The highest BCUT2D eigenvalue weighted by Crippen LogP contribution is 2.27. The summed E-state index contributed by atoms with van der Waals surface area (Å²) in [4.78, 5) is 20.7. The molecule has 22 heavy (non-hydrogen) atoms. The summed E-state index contributed by atoms with van der Waals surface area (Å²) in [6.45, 7) is 6.82. The van der Waals surface area contributed by atoms with Crippen LogP contribution in [-0.2, 0) is 0 Å². The number of nitroso groups, excluding NO2 is 2. The van der Waals surface area contributed by atoms with Gasteiger partial charge in [0.25, 0.3) is 0 Å². The van der Waals surface area contributed by atoms with Crippen LogP contribution in [0.2, 0.25) is 0 Å². The maximum Gasteiger partial charge on any atom is 0.0840 e. The fraction of sp³-hybridized carbons (Fsp3) is 1.00. The minimum absolute atomic E-state index is 0.190. The van der Waals surface area contributed by atoms with Crippen molar-refractivity contribution in [1.82, 2.24) is 0 Å². The van der Waals surface area contributed by atoms with Crippen LogP contribution in [0.15, 0.2) is 10.4 Å². The molecule has 0 aliphatic carbocycles. The lowest BCUT2D eigenvalue weighted by Crippen LogP contribution is -2.29. The van der Waals surface area contributed by atoms with Gasteiger partial charge in [0.05, 0.1) is 18.7 Å². The lowest BCUT2D eigenvalue weighted by molar-refractivity contribution is 0.0217. The summed E-state index contributed by atoms with van der Waals surface area (Å²) in [6.07, 6.45) is 8.52. The zero-order valence-electron chi connectivity index (χ0n) is 14.6. The van der Waals surface area contributed by atoms with Crippen LogP contribution >= 0.6 is 0 Å². The summed E-state index contributed by atoms with van der Waals surface area (Å²) in [5.41, 5.74) is -0.732. The first-order chi connectivity index (χ1) is 10.4. The quantitative estimate of drug-likeness (QED) is 0.339. The third-order valence-electron chi connectivity index (χ3n) is 4.40. The molecular weight excluding hydrogens is 280 g/mol. The summed E-state index contributed by atoms with van der Waals surface area (Å²) in [6, 6.07) is 0. The van der Waals surface area contributed by atoms with Gasteiger partial charge in [0.15, 0.2) is 0 Å². The summed E-state index contributed by atoms with van der Waals surface area (Å²) >= 11 is 0. The highest BCUT2D eigenvalue weighted by atomic mass is 16.3. The molecule has 5 nitrogen and oxygen atoms in total. The van der Waals surface area contributed by atoms with Crippen LogP contribution in [0.4, 0.5) is 0 Å². The maximum absolute atomic E-state index is 10.6. The van der Waals surface area contributed by atoms with E-state index in [1.165, 1.54) is 6.42 Å². The van der Waals surface area contributed by atoms with Gasteiger partial charge in [-0.25, -0.2) is 0 Å². The average molecular weight is 314 g/mol. The third kappa shape index (κ3) is 11.8. The molecule has 5 heteroatoms. The van der Waals surface area contributed by atoms with Gasteiger partial charge in [0.1, 0.15) is 0 Å². The molecule has 1 N–H and O–H groups in total. The van der Waals surface area contributed by atoms with Crippen molar-refractivity contribution in [2.24, 2.45) is 22.2 Å². The molecule has 0 aliphatic heterocycles. The first kappa shape index (κ1) is 21.2.